The first-order valence-corrected chi connectivity index (χ1v) is 14.9. The first-order valence-electron chi connectivity index (χ1n) is 12.6. The molecule has 3 aromatic carbocycles. The molecule has 214 valence electrons. The average molecular weight is 592 g/mol. The van der Waals surface area contributed by atoms with Gasteiger partial charge in [0.25, 0.3) is 0 Å². The van der Waals surface area contributed by atoms with Gasteiger partial charge in [-0.15, -0.1) is 0 Å². The van der Waals surface area contributed by atoms with Crippen molar-refractivity contribution in [2.75, 3.05) is 23.7 Å². The molecule has 0 saturated carbocycles. The lowest BCUT2D eigenvalue weighted by Gasteiger charge is -2.34. The lowest BCUT2D eigenvalue weighted by atomic mass is 10.0. The Balaban J connectivity index is 2.07. The second-order valence-electron chi connectivity index (χ2n) is 9.83. The van der Waals surface area contributed by atoms with Crippen molar-refractivity contribution in [3.63, 3.8) is 0 Å². The Kier molecular flexibility index (Phi) is 10.6. The Labute approximate surface area is 238 Å². The van der Waals surface area contributed by atoms with Gasteiger partial charge in [-0.2, -0.15) is 0 Å². The number of carbonyl (C=O) groups is 2. The van der Waals surface area contributed by atoms with Gasteiger partial charge in [0.1, 0.15) is 12.6 Å². The molecule has 1 N–H and O–H groups in total. The number of hydrogen-bond donors (Lipinski definition) is 1. The highest BCUT2D eigenvalue weighted by Gasteiger charge is 2.33. The molecule has 3 aromatic rings. The van der Waals surface area contributed by atoms with Gasteiger partial charge in [-0.05, 0) is 35.2 Å². The molecule has 0 heterocycles. The highest BCUT2D eigenvalue weighted by Crippen LogP contribution is 2.24. The van der Waals surface area contributed by atoms with Crippen LogP contribution in [0.3, 0.4) is 0 Å². The summed E-state index contributed by atoms with van der Waals surface area (Å²) in [4.78, 5) is 28.8. The average Bonchev–Trinajstić information content (AvgIpc) is 2.90. The first-order chi connectivity index (χ1) is 18.9. The number of anilines is 1. The van der Waals surface area contributed by atoms with Crippen LogP contribution in [-0.2, 0) is 32.6 Å². The SMILES string of the molecule is CC(C)CNC(=O)[C@H](Cc1ccccc1)N(Cc1ccccc1Cl)C(=O)CN(c1ccc(F)c(F)c1)S(C)(=O)=O. The predicted octanol–water partition coefficient (Wildman–Crippen LogP) is 4.80. The lowest BCUT2D eigenvalue weighted by Crippen LogP contribution is -2.53. The zero-order valence-electron chi connectivity index (χ0n) is 22.5. The van der Waals surface area contributed by atoms with E-state index in [1.165, 1.54) is 4.90 Å². The van der Waals surface area contributed by atoms with Crippen LogP contribution in [0.25, 0.3) is 0 Å². The highest BCUT2D eigenvalue weighted by molar-refractivity contribution is 7.92. The van der Waals surface area contributed by atoms with E-state index in [0.29, 0.717) is 27.5 Å². The fourth-order valence-corrected chi connectivity index (χ4v) is 5.08. The number of rotatable bonds is 12. The number of sulfonamides is 1. The second-order valence-corrected chi connectivity index (χ2v) is 12.1. The van der Waals surface area contributed by atoms with E-state index in [4.69, 9.17) is 11.6 Å². The molecule has 0 bridgehead atoms. The Hall–Kier alpha value is -3.50. The molecule has 0 aliphatic rings. The Morgan fingerprint density at radius 3 is 2.20 bits per heavy atom. The molecular formula is C29H32ClF2N3O4S. The number of benzene rings is 3. The fourth-order valence-electron chi connectivity index (χ4n) is 4.04. The van der Waals surface area contributed by atoms with E-state index in [0.717, 1.165) is 24.0 Å². The van der Waals surface area contributed by atoms with Gasteiger partial charge in [0.05, 0.1) is 11.9 Å². The van der Waals surface area contributed by atoms with Crippen molar-refractivity contribution in [2.24, 2.45) is 5.92 Å². The molecule has 2 amide bonds. The van der Waals surface area contributed by atoms with Crippen molar-refractivity contribution in [1.29, 1.82) is 0 Å². The Morgan fingerprint density at radius 1 is 0.950 bits per heavy atom. The van der Waals surface area contributed by atoms with Crippen LogP contribution in [-0.4, -0.2) is 50.5 Å². The highest BCUT2D eigenvalue weighted by atomic mass is 35.5. The zero-order valence-corrected chi connectivity index (χ0v) is 24.1. The summed E-state index contributed by atoms with van der Waals surface area (Å²) in [6.07, 6.45) is 1.00. The largest absolute Gasteiger partial charge is 0.354 e. The molecule has 0 saturated heterocycles. The van der Waals surface area contributed by atoms with E-state index in [1.54, 1.807) is 24.3 Å². The van der Waals surface area contributed by atoms with Crippen LogP contribution in [0.4, 0.5) is 14.5 Å². The van der Waals surface area contributed by atoms with Gasteiger partial charge in [0.2, 0.25) is 21.8 Å². The minimum Gasteiger partial charge on any atom is -0.354 e. The van der Waals surface area contributed by atoms with E-state index >= 15 is 0 Å². The standard InChI is InChI=1S/C29H32ClF2N3O4S/c1-20(2)17-33-29(37)27(15-21-9-5-4-6-10-21)34(18-22-11-7-8-12-24(22)30)28(36)19-35(40(3,38)39)23-13-14-25(31)26(32)16-23/h4-14,16,20,27H,15,17-19H2,1-3H3,(H,33,37)/t27-/m0/s1. The molecule has 11 heteroatoms. The third-order valence-electron chi connectivity index (χ3n) is 6.12. The van der Waals surface area contributed by atoms with Crippen LogP contribution in [0.2, 0.25) is 5.02 Å². The van der Waals surface area contributed by atoms with Crippen LogP contribution in [0.15, 0.2) is 72.8 Å². The first kappa shape index (κ1) is 31.0. The van der Waals surface area contributed by atoms with Crippen LogP contribution >= 0.6 is 11.6 Å². The van der Waals surface area contributed by atoms with Crippen molar-refractivity contribution in [2.45, 2.75) is 32.9 Å². The van der Waals surface area contributed by atoms with Gasteiger partial charge in [0, 0.05) is 30.6 Å². The van der Waals surface area contributed by atoms with Crippen LogP contribution in [0, 0.1) is 17.6 Å². The summed E-state index contributed by atoms with van der Waals surface area (Å²) in [6.45, 7) is 3.38. The van der Waals surface area contributed by atoms with E-state index in [9.17, 15) is 26.8 Å². The minimum atomic E-state index is -4.11. The Morgan fingerprint density at radius 2 is 1.60 bits per heavy atom. The van der Waals surface area contributed by atoms with Crippen molar-refractivity contribution in [1.82, 2.24) is 10.2 Å². The smallest absolute Gasteiger partial charge is 0.244 e. The van der Waals surface area contributed by atoms with Gasteiger partial charge in [-0.3, -0.25) is 13.9 Å². The second kappa shape index (κ2) is 13.7. The fraction of sp³-hybridized carbons (Fsp3) is 0.310. The van der Waals surface area contributed by atoms with Crippen molar-refractivity contribution in [3.8, 4) is 0 Å². The quantitative estimate of drug-likeness (QED) is 0.328. The summed E-state index contributed by atoms with van der Waals surface area (Å²) in [5, 5.41) is 3.24. The van der Waals surface area contributed by atoms with Gasteiger partial charge >= 0.3 is 0 Å². The van der Waals surface area contributed by atoms with E-state index in [2.05, 4.69) is 5.32 Å². The molecule has 1 atom stereocenters. The zero-order chi connectivity index (χ0) is 29.4. The number of hydrogen-bond acceptors (Lipinski definition) is 4. The van der Waals surface area contributed by atoms with Crippen LogP contribution in [0.1, 0.15) is 25.0 Å². The number of amides is 2. The molecule has 0 unspecified atom stereocenters. The molecule has 0 aliphatic carbocycles. The van der Waals surface area contributed by atoms with E-state index in [1.807, 2.05) is 44.2 Å². The van der Waals surface area contributed by atoms with Crippen molar-refractivity contribution < 1.29 is 26.8 Å². The molecule has 0 aliphatic heterocycles. The van der Waals surface area contributed by atoms with E-state index < -0.39 is 46.1 Å². The van der Waals surface area contributed by atoms with E-state index in [-0.39, 0.29) is 24.6 Å². The molecule has 0 fully saturated rings. The maximum atomic E-state index is 14.0. The maximum Gasteiger partial charge on any atom is 0.244 e. The molecule has 3 rings (SSSR count). The molecule has 7 nitrogen and oxygen atoms in total. The maximum absolute atomic E-state index is 14.0. The normalized spacial score (nSPS) is 12.2. The number of carbonyl (C=O) groups excluding carboxylic acids is 2. The van der Waals surface area contributed by atoms with Gasteiger partial charge in [0.15, 0.2) is 11.6 Å². The minimum absolute atomic E-state index is 0.0967. The number of nitrogens with zero attached hydrogens (tertiary/aromatic N) is 2. The van der Waals surface area contributed by atoms with Crippen LogP contribution in [0.5, 0.6) is 0 Å². The summed E-state index contributed by atoms with van der Waals surface area (Å²) in [5.74, 6) is -3.43. The molecule has 0 radical (unpaired) electrons. The topological polar surface area (TPSA) is 86.8 Å². The van der Waals surface area contributed by atoms with Gasteiger partial charge in [-0.25, -0.2) is 17.2 Å². The number of nitrogens with one attached hydrogen (secondary N) is 1. The molecule has 0 aromatic heterocycles. The monoisotopic (exact) mass is 591 g/mol. The summed E-state index contributed by atoms with van der Waals surface area (Å²) < 4.78 is 53.7. The third kappa shape index (κ3) is 8.50. The summed E-state index contributed by atoms with van der Waals surface area (Å²) in [7, 11) is -4.11. The van der Waals surface area contributed by atoms with Gasteiger partial charge in [-0.1, -0.05) is 74.0 Å². The van der Waals surface area contributed by atoms with Crippen molar-refractivity contribution >= 4 is 39.1 Å². The molecular weight excluding hydrogens is 560 g/mol. The van der Waals surface area contributed by atoms with Crippen LogP contribution < -0.4 is 9.62 Å². The lowest BCUT2D eigenvalue weighted by molar-refractivity contribution is -0.140. The summed E-state index contributed by atoms with van der Waals surface area (Å²) in [5.41, 5.74) is 1.10. The number of halogens is 3. The molecule has 0 spiro atoms. The third-order valence-corrected chi connectivity index (χ3v) is 7.63. The van der Waals surface area contributed by atoms with Crippen molar-refractivity contribution in [3.05, 3.63) is 101 Å². The molecule has 40 heavy (non-hydrogen) atoms. The summed E-state index contributed by atoms with van der Waals surface area (Å²) >= 11 is 6.40. The van der Waals surface area contributed by atoms with Gasteiger partial charge < -0.3 is 10.2 Å². The summed E-state index contributed by atoms with van der Waals surface area (Å²) in [6, 6.07) is 17.4. The Bertz CT molecular complexity index is 1440. The predicted molar refractivity (Wildman–Crippen MR) is 152 cm³/mol.